The van der Waals surface area contributed by atoms with Gasteiger partial charge in [-0.3, -0.25) is 0 Å². The van der Waals surface area contributed by atoms with Gasteiger partial charge in [-0.05, 0) is 23.3 Å². The van der Waals surface area contributed by atoms with Gasteiger partial charge >= 0.3 is 0 Å². The van der Waals surface area contributed by atoms with Crippen molar-refractivity contribution >= 4 is 11.1 Å². The summed E-state index contributed by atoms with van der Waals surface area (Å²) in [4.78, 5) is 4.65. The number of nitrogens with zero attached hydrogens (tertiary/aromatic N) is 1. The highest BCUT2D eigenvalue weighted by atomic mass is 16.5. The number of benzene rings is 2. The van der Waals surface area contributed by atoms with E-state index in [1.54, 1.807) is 7.11 Å². The van der Waals surface area contributed by atoms with Crippen LogP contribution in [0.1, 0.15) is 22.9 Å². The van der Waals surface area contributed by atoms with Gasteiger partial charge in [-0.15, -0.1) is 0 Å². The second kappa shape index (κ2) is 4.90. The average molecular weight is 280 g/mol. The number of rotatable bonds is 2. The van der Waals surface area contributed by atoms with Crippen molar-refractivity contribution in [3.63, 3.8) is 0 Å². The van der Waals surface area contributed by atoms with Crippen LogP contribution in [-0.2, 0) is 6.54 Å². The van der Waals surface area contributed by atoms with Gasteiger partial charge in [0.1, 0.15) is 11.3 Å². The summed E-state index contributed by atoms with van der Waals surface area (Å²) in [5, 5.41) is 3.43. The monoisotopic (exact) mass is 280 g/mol. The number of hydrogen-bond acceptors (Lipinski definition) is 4. The lowest BCUT2D eigenvalue weighted by molar-refractivity contribution is 0.413. The first-order chi connectivity index (χ1) is 10.3. The van der Waals surface area contributed by atoms with Crippen LogP contribution in [0.2, 0.25) is 0 Å². The fourth-order valence-electron chi connectivity index (χ4n) is 2.92. The highest BCUT2D eigenvalue weighted by molar-refractivity contribution is 5.74. The summed E-state index contributed by atoms with van der Waals surface area (Å²) in [6.45, 7) is 1.75. The number of fused-ring (bicyclic) bond motifs is 2. The first-order valence-corrected chi connectivity index (χ1v) is 7.08. The second-order valence-electron chi connectivity index (χ2n) is 5.27. The Bertz CT molecular complexity index is 794. The first-order valence-electron chi connectivity index (χ1n) is 7.08. The topological polar surface area (TPSA) is 47.3 Å². The molecule has 4 heteroatoms. The van der Waals surface area contributed by atoms with Crippen molar-refractivity contribution in [1.82, 2.24) is 10.3 Å². The summed E-state index contributed by atoms with van der Waals surface area (Å²) in [6.07, 6.45) is 0. The number of hydrogen-bond donors (Lipinski definition) is 1. The van der Waals surface area contributed by atoms with Gasteiger partial charge in [0, 0.05) is 19.2 Å². The van der Waals surface area contributed by atoms with Gasteiger partial charge in [0.05, 0.1) is 13.0 Å². The zero-order valence-electron chi connectivity index (χ0n) is 11.8. The number of aromatic nitrogens is 1. The molecule has 0 fully saturated rings. The Morgan fingerprint density at radius 1 is 1.24 bits per heavy atom. The maximum Gasteiger partial charge on any atom is 0.204 e. The molecule has 4 nitrogen and oxygen atoms in total. The summed E-state index contributed by atoms with van der Waals surface area (Å²) in [5.74, 6) is 1.71. The van der Waals surface area contributed by atoms with Crippen LogP contribution in [0.5, 0.6) is 5.75 Å². The molecule has 2 heterocycles. The number of methoxy groups -OCH3 is 1. The Kier molecular flexibility index (Phi) is 2.89. The van der Waals surface area contributed by atoms with E-state index < -0.39 is 0 Å². The Morgan fingerprint density at radius 2 is 2.14 bits per heavy atom. The van der Waals surface area contributed by atoms with E-state index in [0.717, 1.165) is 35.8 Å². The number of ether oxygens (including phenoxy) is 1. The van der Waals surface area contributed by atoms with Gasteiger partial charge < -0.3 is 14.5 Å². The Hall–Kier alpha value is -2.33. The third kappa shape index (κ3) is 2.08. The smallest absolute Gasteiger partial charge is 0.204 e. The highest BCUT2D eigenvalue weighted by Crippen LogP contribution is 2.32. The minimum absolute atomic E-state index is 0.161. The molecule has 0 amide bonds. The fraction of sp³-hybridized carbons (Fsp3) is 0.235. The standard InChI is InChI=1S/C17H16N2O2/c1-20-12-6-7-15-16(8-12)21-17(19-15)14-10-18-9-11-4-2-3-5-13(11)14/h2-8,14,18H,9-10H2,1H3. The van der Waals surface area contributed by atoms with E-state index in [9.17, 15) is 0 Å². The predicted molar refractivity (Wildman–Crippen MR) is 80.6 cm³/mol. The lowest BCUT2D eigenvalue weighted by atomic mass is 9.91. The Balaban J connectivity index is 1.80. The van der Waals surface area contributed by atoms with Crippen LogP contribution >= 0.6 is 0 Å². The average Bonchev–Trinajstić information content (AvgIpc) is 2.97. The van der Waals surface area contributed by atoms with Crippen LogP contribution in [0.25, 0.3) is 11.1 Å². The molecule has 0 bridgehead atoms. The van der Waals surface area contributed by atoms with Crippen LogP contribution in [0, 0.1) is 0 Å². The molecule has 3 aromatic rings. The van der Waals surface area contributed by atoms with Crippen LogP contribution < -0.4 is 10.1 Å². The molecule has 4 rings (SSSR count). The normalized spacial score (nSPS) is 17.7. The Labute approximate surface area is 122 Å². The summed E-state index contributed by atoms with van der Waals surface area (Å²) in [5.41, 5.74) is 4.25. The van der Waals surface area contributed by atoms with Crippen molar-refractivity contribution in [1.29, 1.82) is 0 Å². The minimum atomic E-state index is 0.161. The number of oxazole rings is 1. The molecule has 1 aliphatic heterocycles. The van der Waals surface area contributed by atoms with Gasteiger partial charge in [-0.1, -0.05) is 24.3 Å². The lowest BCUT2D eigenvalue weighted by Crippen LogP contribution is -2.28. The van der Waals surface area contributed by atoms with Crippen LogP contribution in [0.15, 0.2) is 46.9 Å². The maximum absolute atomic E-state index is 5.98. The second-order valence-corrected chi connectivity index (χ2v) is 5.27. The van der Waals surface area contributed by atoms with Crippen LogP contribution in [0.3, 0.4) is 0 Å². The minimum Gasteiger partial charge on any atom is -0.497 e. The molecule has 1 atom stereocenters. The third-order valence-corrected chi connectivity index (χ3v) is 4.00. The molecule has 2 aromatic carbocycles. The first kappa shape index (κ1) is 12.4. The summed E-state index contributed by atoms with van der Waals surface area (Å²) >= 11 is 0. The van der Waals surface area contributed by atoms with Crippen molar-refractivity contribution in [2.45, 2.75) is 12.5 Å². The van der Waals surface area contributed by atoms with Crippen LogP contribution in [0.4, 0.5) is 0 Å². The molecule has 0 saturated heterocycles. The Morgan fingerprint density at radius 3 is 3.05 bits per heavy atom. The van der Waals surface area contributed by atoms with Gasteiger partial charge in [-0.25, -0.2) is 4.98 Å². The molecule has 1 unspecified atom stereocenters. The molecule has 0 saturated carbocycles. The molecule has 1 aromatic heterocycles. The lowest BCUT2D eigenvalue weighted by Gasteiger charge is -2.23. The molecule has 1 N–H and O–H groups in total. The molecule has 0 radical (unpaired) electrons. The van der Waals surface area contributed by atoms with Crippen molar-refractivity contribution in [3.8, 4) is 5.75 Å². The third-order valence-electron chi connectivity index (χ3n) is 4.00. The molecule has 106 valence electrons. The van der Waals surface area contributed by atoms with Gasteiger partial charge in [0.25, 0.3) is 0 Å². The van der Waals surface area contributed by atoms with Crippen LogP contribution in [-0.4, -0.2) is 18.6 Å². The van der Waals surface area contributed by atoms with Crippen molar-refractivity contribution < 1.29 is 9.15 Å². The molecule has 1 aliphatic rings. The van der Waals surface area contributed by atoms with E-state index in [1.165, 1.54) is 11.1 Å². The zero-order chi connectivity index (χ0) is 14.2. The SMILES string of the molecule is COc1ccc2nc(C3CNCc4ccccc43)oc2c1. The molecule has 0 spiro atoms. The maximum atomic E-state index is 5.98. The molecular weight excluding hydrogens is 264 g/mol. The van der Waals surface area contributed by atoms with E-state index in [-0.39, 0.29) is 5.92 Å². The van der Waals surface area contributed by atoms with Crippen molar-refractivity contribution in [3.05, 3.63) is 59.5 Å². The van der Waals surface area contributed by atoms with Gasteiger partial charge in [-0.2, -0.15) is 0 Å². The summed E-state index contributed by atoms with van der Waals surface area (Å²) in [6, 6.07) is 14.2. The fourth-order valence-corrected chi connectivity index (χ4v) is 2.92. The largest absolute Gasteiger partial charge is 0.497 e. The predicted octanol–water partition coefficient (Wildman–Crippen LogP) is 3.07. The van der Waals surface area contributed by atoms with E-state index in [0.29, 0.717) is 0 Å². The molecular formula is C17H16N2O2. The van der Waals surface area contributed by atoms with Crippen molar-refractivity contribution in [2.75, 3.05) is 13.7 Å². The highest BCUT2D eigenvalue weighted by Gasteiger charge is 2.25. The van der Waals surface area contributed by atoms with E-state index in [2.05, 4.69) is 34.6 Å². The summed E-state index contributed by atoms with van der Waals surface area (Å²) in [7, 11) is 1.65. The number of nitrogens with one attached hydrogen (secondary N) is 1. The van der Waals surface area contributed by atoms with Gasteiger partial charge in [0.15, 0.2) is 5.58 Å². The molecule has 0 aliphatic carbocycles. The van der Waals surface area contributed by atoms with E-state index in [4.69, 9.17) is 9.15 Å². The van der Waals surface area contributed by atoms with E-state index >= 15 is 0 Å². The van der Waals surface area contributed by atoms with Crippen molar-refractivity contribution in [2.24, 2.45) is 0 Å². The van der Waals surface area contributed by atoms with Gasteiger partial charge in [0.2, 0.25) is 5.89 Å². The zero-order valence-corrected chi connectivity index (χ0v) is 11.8. The molecule has 21 heavy (non-hydrogen) atoms. The quantitative estimate of drug-likeness (QED) is 0.783. The summed E-state index contributed by atoms with van der Waals surface area (Å²) < 4.78 is 11.2. The van der Waals surface area contributed by atoms with E-state index in [1.807, 2.05) is 18.2 Å².